The van der Waals surface area contributed by atoms with Crippen molar-refractivity contribution in [1.82, 2.24) is 25.9 Å². The molecule has 0 spiro atoms. The van der Waals surface area contributed by atoms with Gasteiger partial charge in [0.15, 0.2) is 0 Å². The molecule has 0 saturated heterocycles. The number of hydrogen-bond acceptors (Lipinski definition) is 6. The van der Waals surface area contributed by atoms with E-state index in [-0.39, 0.29) is 18.8 Å². The first-order valence-electron chi connectivity index (χ1n) is 11.0. The van der Waals surface area contributed by atoms with Gasteiger partial charge in [-0.3, -0.25) is 14.4 Å². The smallest absolute Gasteiger partial charge is 0.326 e. The van der Waals surface area contributed by atoms with E-state index in [0.29, 0.717) is 5.69 Å². The number of hydrogen-bond donors (Lipinski definition) is 6. The van der Waals surface area contributed by atoms with Gasteiger partial charge in [-0.1, -0.05) is 44.2 Å². The first kappa shape index (κ1) is 26.5. The minimum atomic E-state index is -1.19. The van der Waals surface area contributed by atoms with E-state index in [1.807, 2.05) is 6.07 Å². The number of benzene rings is 1. The van der Waals surface area contributed by atoms with Crippen molar-refractivity contribution in [2.24, 2.45) is 11.7 Å². The summed E-state index contributed by atoms with van der Waals surface area (Å²) in [4.78, 5) is 56.4. The van der Waals surface area contributed by atoms with Gasteiger partial charge in [-0.15, -0.1) is 0 Å². The van der Waals surface area contributed by atoms with E-state index in [9.17, 15) is 24.3 Å². The Labute approximate surface area is 197 Å². The van der Waals surface area contributed by atoms with Gasteiger partial charge in [0.25, 0.3) is 0 Å². The number of carbonyl (C=O) groups is 4. The normalized spacial score (nSPS) is 14.5. The van der Waals surface area contributed by atoms with Crippen molar-refractivity contribution in [3.8, 4) is 0 Å². The predicted molar refractivity (Wildman–Crippen MR) is 124 cm³/mol. The van der Waals surface area contributed by atoms with Crippen molar-refractivity contribution >= 4 is 23.7 Å². The molecule has 184 valence electrons. The largest absolute Gasteiger partial charge is 0.480 e. The zero-order chi connectivity index (χ0) is 25.3. The number of rotatable bonds is 12. The van der Waals surface area contributed by atoms with Crippen molar-refractivity contribution in [1.29, 1.82) is 0 Å². The summed E-state index contributed by atoms with van der Waals surface area (Å²) >= 11 is 0. The van der Waals surface area contributed by atoms with E-state index in [1.165, 1.54) is 19.4 Å². The fraction of sp³-hybridized carbons (Fsp3) is 0.435. The van der Waals surface area contributed by atoms with Gasteiger partial charge >= 0.3 is 5.97 Å². The molecular weight excluding hydrogens is 440 g/mol. The summed E-state index contributed by atoms with van der Waals surface area (Å²) in [6.45, 7) is 5.01. The third-order valence-corrected chi connectivity index (χ3v) is 5.28. The van der Waals surface area contributed by atoms with Crippen LogP contribution < -0.4 is 21.7 Å². The van der Waals surface area contributed by atoms with Crippen LogP contribution in [-0.2, 0) is 32.0 Å². The number of imidazole rings is 1. The maximum absolute atomic E-state index is 12.9. The molecule has 11 nitrogen and oxygen atoms in total. The van der Waals surface area contributed by atoms with Gasteiger partial charge in [0, 0.05) is 24.7 Å². The van der Waals surface area contributed by atoms with Crippen LogP contribution >= 0.6 is 0 Å². The summed E-state index contributed by atoms with van der Waals surface area (Å²) in [6, 6.07) is 4.83. The quantitative estimate of drug-likeness (QED) is 0.246. The number of carboxylic acid groups (broad SMARTS) is 1. The van der Waals surface area contributed by atoms with E-state index in [0.717, 1.165) is 5.56 Å². The number of H-pyrrole nitrogens is 1. The van der Waals surface area contributed by atoms with Gasteiger partial charge in [-0.25, -0.2) is 9.78 Å². The Bertz CT molecular complexity index is 963. The third kappa shape index (κ3) is 8.00. The van der Waals surface area contributed by atoms with Gasteiger partial charge in [0.1, 0.15) is 18.1 Å². The van der Waals surface area contributed by atoms with Crippen molar-refractivity contribution in [2.45, 2.75) is 57.8 Å². The number of aliphatic carboxylic acids is 1. The number of nitrogens with one attached hydrogen (secondary N) is 4. The molecule has 1 aromatic heterocycles. The first-order chi connectivity index (χ1) is 16.1. The Morgan fingerprint density at radius 2 is 1.59 bits per heavy atom. The Morgan fingerprint density at radius 1 is 0.941 bits per heavy atom. The summed E-state index contributed by atoms with van der Waals surface area (Å²) < 4.78 is 0. The Hall–Kier alpha value is -3.73. The Balaban J connectivity index is 2.04. The van der Waals surface area contributed by atoms with E-state index in [4.69, 9.17) is 5.73 Å². The number of aromatic nitrogens is 2. The highest BCUT2D eigenvalue weighted by Crippen LogP contribution is 2.05. The summed E-state index contributed by atoms with van der Waals surface area (Å²) in [5.41, 5.74) is 7.24. The van der Waals surface area contributed by atoms with E-state index in [2.05, 4.69) is 25.9 Å². The highest BCUT2D eigenvalue weighted by Gasteiger charge is 2.29. The van der Waals surface area contributed by atoms with Gasteiger partial charge in [0.2, 0.25) is 17.7 Å². The Kier molecular flexibility index (Phi) is 9.75. The summed E-state index contributed by atoms with van der Waals surface area (Å²) in [5, 5.41) is 17.1. The standard InChI is InChI=1S/C23H32N6O5/c1-13(2)19(24)22(32)28-17(10-16-11-25-12-26-16)21(31)27-14(3)20(30)29-18(23(33)34)9-15-7-5-4-6-8-15/h4-8,11-14,17-19H,9-10,24H2,1-3H3,(H,25,26)(H,27,31)(H,28,32)(H,29,30)(H,33,34). The average molecular weight is 473 g/mol. The molecular formula is C23H32N6O5. The van der Waals surface area contributed by atoms with E-state index >= 15 is 0 Å². The van der Waals surface area contributed by atoms with Crippen molar-refractivity contribution in [3.63, 3.8) is 0 Å². The lowest BCUT2D eigenvalue weighted by molar-refractivity contribution is -0.142. The van der Waals surface area contributed by atoms with Crippen LogP contribution in [0.1, 0.15) is 32.0 Å². The molecule has 2 aromatic rings. The number of carboxylic acids is 1. The van der Waals surface area contributed by atoms with Crippen LogP contribution in [0.15, 0.2) is 42.9 Å². The molecule has 11 heteroatoms. The molecule has 4 atom stereocenters. The van der Waals surface area contributed by atoms with Gasteiger partial charge in [0.05, 0.1) is 12.4 Å². The number of carbonyl (C=O) groups excluding carboxylic acids is 3. The molecule has 34 heavy (non-hydrogen) atoms. The maximum Gasteiger partial charge on any atom is 0.326 e. The fourth-order valence-corrected chi connectivity index (χ4v) is 3.12. The van der Waals surface area contributed by atoms with Gasteiger partial charge < -0.3 is 31.8 Å². The second-order valence-electron chi connectivity index (χ2n) is 8.43. The zero-order valence-corrected chi connectivity index (χ0v) is 19.4. The van der Waals surface area contributed by atoms with Crippen molar-refractivity contribution in [2.75, 3.05) is 0 Å². The van der Waals surface area contributed by atoms with Crippen LogP contribution in [0, 0.1) is 5.92 Å². The molecule has 3 amide bonds. The van der Waals surface area contributed by atoms with Crippen LogP contribution in [0.2, 0.25) is 0 Å². The molecule has 4 unspecified atom stereocenters. The minimum Gasteiger partial charge on any atom is -0.480 e. The highest BCUT2D eigenvalue weighted by atomic mass is 16.4. The van der Waals surface area contributed by atoms with Gasteiger partial charge in [-0.2, -0.15) is 0 Å². The third-order valence-electron chi connectivity index (χ3n) is 5.28. The molecule has 1 heterocycles. The highest BCUT2D eigenvalue weighted by molar-refractivity contribution is 5.94. The van der Waals surface area contributed by atoms with Crippen LogP contribution in [0.25, 0.3) is 0 Å². The molecule has 0 saturated carbocycles. The lowest BCUT2D eigenvalue weighted by Crippen LogP contribution is -2.57. The van der Waals surface area contributed by atoms with Crippen molar-refractivity contribution in [3.05, 3.63) is 54.1 Å². The van der Waals surface area contributed by atoms with Crippen LogP contribution in [0.4, 0.5) is 0 Å². The molecule has 0 aliphatic heterocycles. The molecule has 1 aromatic carbocycles. The molecule has 0 fully saturated rings. The summed E-state index contributed by atoms with van der Waals surface area (Å²) in [5.74, 6) is -3.11. The second kappa shape index (κ2) is 12.5. The molecule has 0 bridgehead atoms. The topological polar surface area (TPSA) is 179 Å². The number of aromatic amines is 1. The number of nitrogens with two attached hydrogens (primary N) is 1. The van der Waals surface area contributed by atoms with Gasteiger partial charge in [-0.05, 0) is 18.4 Å². The lowest BCUT2D eigenvalue weighted by Gasteiger charge is -2.24. The SMILES string of the molecule is CC(NC(=O)C(Cc1cnc[nH]1)NC(=O)C(N)C(C)C)C(=O)NC(Cc1ccccc1)C(=O)O. The molecule has 2 rings (SSSR count). The van der Waals surface area contributed by atoms with Crippen LogP contribution in [-0.4, -0.2) is 62.9 Å². The monoisotopic (exact) mass is 472 g/mol. The first-order valence-corrected chi connectivity index (χ1v) is 11.0. The molecule has 0 aliphatic rings. The predicted octanol–water partition coefficient (Wildman–Crippen LogP) is -0.263. The summed E-state index contributed by atoms with van der Waals surface area (Å²) in [6.07, 6.45) is 3.16. The van der Waals surface area contributed by atoms with Crippen molar-refractivity contribution < 1.29 is 24.3 Å². The zero-order valence-electron chi connectivity index (χ0n) is 19.4. The van der Waals surface area contributed by atoms with Crippen LogP contribution in [0.3, 0.4) is 0 Å². The maximum atomic E-state index is 12.9. The minimum absolute atomic E-state index is 0.0914. The summed E-state index contributed by atoms with van der Waals surface area (Å²) in [7, 11) is 0. The molecule has 7 N–H and O–H groups in total. The van der Waals surface area contributed by atoms with E-state index < -0.39 is 47.9 Å². The Morgan fingerprint density at radius 3 is 2.15 bits per heavy atom. The second-order valence-corrected chi connectivity index (χ2v) is 8.43. The fourth-order valence-electron chi connectivity index (χ4n) is 3.12. The van der Waals surface area contributed by atoms with Crippen LogP contribution in [0.5, 0.6) is 0 Å². The molecule has 0 aliphatic carbocycles. The molecule has 0 radical (unpaired) electrons. The lowest BCUT2D eigenvalue weighted by atomic mass is 10.0. The average Bonchev–Trinajstić information content (AvgIpc) is 3.31. The number of nitrogens with zero attached hydrogens (tertiary/aromatic N) is 1. The van der Waals surface area contributed by atoms with E-state index in [1.54, 1.807) is 38.1 Å². The number of amides is 3.